The highest BCUT2D eigenvalue weighted by Crippen LogP contribution is 2.22. The molecule has 1 rings (SSSR count). The Morgan fingerprint density at radius 3 is 2.26 bits per heavy atom. The van der Waals surface area contributed by atoms with Crippen molar-refractivity contribution in [2.75, 3.05) is 7.11 Å². The van der Waals surface area contributed by atoms with Crippen LogP contribution in [0, 0.1) is 0 Å². The lowest BCUT2D eigenvalue weighted by molar-refractivity contribution is -0.124. The lowest BCUT2D eigenvalue weighted by Gasteiger charge is -2.35. The summed E-state index contributed by atoms with van der Waals surface area (Å²) in [6.45, 7) is 6.90. The Labute approximate surface area is 113 Å². The third-order valence-corrected chi connectivity index (χ3v) is 2.48. The van der Waals surface area contributed by atoms with Gasteiger partial charge in [-0.05, 0) is 32.9 Å². The number of hydrazine groups is 1. The Hall–Kier alpha value is -2.04. The maximum absolute atomic E-state index is 12.5. The first-order valence-electron chi connectivity index (χ1n) is 6.02. The van der Waals surface area contributed by atoms with Crippen molar-refractivity contribution in [3.63, 3.8) is 0 Å². The van der Waals surface area contributed by atoms with Gasteiger partial charge in [-0.15, -0.1) is 0 Å². The van der Waals surface area contributed by atoms with Crippen LogP contribution in [0.2, 0.25) is 0 Å². The molecular formula is C14H20N2O3. The fourth-order valence-electron chi connectivity index (χ4n) is 1.62. The van der Waals surface area contributed by atoms with Crippen LogP contribution in [0.3, 0.4) is 0 Å². The lowest BCUT2D eigenvalue weighted by Crippen LogP contribution is -2.55. The number of hydrogen-bond donors (Lipinski definition) is 1. The summed E-state index contributed by atoms with van der Waals surface area (Å²) < 4.78 is 5.17. The third kappa shape index (κ3) is 3.71. The van der Waals surface area contributed by atoms with Crippen LogP contribution in [0.25, 0.3) is 0 Å². The molecule has 0 bridgehead atoms. The van der Waals surface area contributed by atoms with E-state index in [9.17, 15) is 9.59 Å². The summed E-state index contributed by atoms with van der Waals surface area (Å²) in [6, 6.07) is 6.92. The van der Waals surface area contributed by atoms with Crippen molar-refractivity contribution in [2.45, 2.75) is 33.2 Å². The highest BCUT2D eigenvalue weighted by atomic mass is 16.5. The molecule has 0 fully saturated rings. The van der Waals surface area contributed by atoms with Gasteiger partial charge in [0.05, 0.1) is 18.2 Å². The molecule has 0 aliphatic rings. The predicted octanol–water partition coefficient (Wildman–Crippen LogP) is 1.99. The minimum Gasteiger partial charge on any atom is -0.496 e. The highest BCUT2D eigenvalue weighted by Gasteiger charge is 2.30. The molecule has 0 saturated carbocycles. The maximum atomic E-state index is 12.5. The quantitative estimate of drug-likeness (QED) is 0.831. The van der Waals surface area contributed by atoms with Gasteiger partial charge in [-0.25, -0.2) is 5.01 Å². The van der Waals surface area contributed by atoms with Crippen LogP contribution in [0.4, 0.5) is 0 Å². The number of nitrogens with zero attached hydrogens (tertiary/aromatic N) is 1. The van der Waals surface area contributed by atoms with Gasteiger partial charge in [-0.1, -0.05) is 12.1 Å². The second kappa shape index (κ2) is 5.73. The summed E-state index contributed by atoms with van der Waals surface area (Å²) in [4.78, 5) is 23.8. The molecule has 1 aromatic carbocycles. The third-order valence-electron chi connectivity index (χ3n) is 2.48. The van der Waals surface area contributed by atoms with Gasteiger partial charge in [0.25, 0.3) is 5.91 Å². The predicted molar refractivity (Wildman–Crippen MR) is 72.7 cm³/mol. The second-order valence-corrected chi connectivity index (χ2v) is 5.18. The lowest BCUT2D eigenvalue weighted by atomic mass is 10.1. The van der Waals surface area contributed by atoms with Crippen molar-refractivity contribution in [1.82, 2.24) is 10.4 Å². The molecule has 0 aliphatic heterocycles. The van der Waals surface area contributed by atoms with E-state index >= 15 is 0 Å². The Bertz CT molecular complexity index is 478. The first kappa shape index (κ1) is 15.0. The Kier molecular flexibility index (Phi) is 4.53. The number of carbonyl (C=O) groups excluding carboxylic acids is 2. The number of ether oxygens (including phenoxy) is 1. The summed E-state index contributed by atoms with van der Waals surface area (Å²) in [5.41, 5.74) is 2.43. The molecule has 0 radical (unpaired) electrons. The molecule has 0 saturated heterocycles. The smallest absolute Gasteiger partial charge is 0.276 e. The van der Waals surface area contributed by atoms with Gasteiger partial charge in [0.1, 0.15) is 5.75 Å². The Balaban J connectivity index is 3.16. The summed E-state index contributed by atoms with van der Waals surface area (Å²) in [5.74, 6) is -0.120. The van der Waals surface area contributed by atoms with Crippen molar-refractivity contribution in [3.8, 4) is 5.75 Å². The van der Waals surface area contributed by atoms with Crippen molar-refractivity contribution >= 4 is 11.8 Å². The molecule has 0 heterocycles. The van der Waals surface area contributed by atoms with E-state index in [2.05, 4.69) is 5.43 Å². The number of hydrogen-bond acceptors (Lipinski definition) is 3. The summed E-state index contributed by atoms with van der Waals surface area (Å²) in [7, 11) is 1.51. The van der Waals surface area contributed by atoms with Crippen LogP contribution in [0.5, 0.6) is 5.75 Å². The number of para-hydroxylation sites is 1. The number of nitrogens with one attached hydrogen (secondary N) is 1. The monoisotopic (exact) mass is 264 g/mol. The van der Waals surface area contributed by atoms with Crippen molar-refractivity contribution in [3.05, 3.63) is 29.8 Å². The molecule has 0 aromatic heterocycles. The minimum absolute atomic E-state index is 0.293. The van der Waals surface area contributed by atoms with E-state index in [1.54, 1.807) is 24.3 Å². The molecule has 0 aliphatic carbocycles. The SMILES string of the molecule is COc1ccccc1C(=O)N(NC(C)=O)C(C)(C)C. The molecule has 2 amide bonds. The molecule has 19 heavy (non-hydrogen) atoms. The molecule has 5 nitrogen and oxygen atoms in total. The van der Waals surface area contributed by atoms with E-state index in [1.807, 2.05) is 20.8 Å². The van der Waals surface area contributed by atoms with E-state index in [0.29, 0.717) is 11.3 Å². The van der Waals surface area contributed by atoms with Gasteiger partial charge in [-0.3, -0.25) is 15.0 Å². The number of amides is 2. The number of carbonyl (C=O) groups is 2. The fraction of sp³-hybridized carbons (Fsp3) is 0.429. The normalized spacial score (nSPS) is 10.8. The first-order chi connectivity index (χ1) is 8.77. The first-order valence-corrected chi connectivity index (χ1v) is 6.02. The van der Waals surface area contributed by atoms with Gasteiger partial charge >= 0.3 is 0 Å². The standard InChI is InChI=1S/C14H20N2O3/c1-10(17)15-16(14(2,3)4)13(18)11-8-6-7-9-12(11)19-5/h6-9H,1-5H3,(H,15,17). The van der Waals surface area contributed by atoms with E-state index in [-0.39, 0.29) is 11.8 Å². The van der Waals surface area contributed by atoms with Crippen LogP contribution < -0.4 is 10.2 Å². The van der Waals surface area contributed by atoms with E-state index in [4.69, 9.17) is 4.74 Å². The van der Waals surface area contributed by atoms with E-state index < -0.39 is 5.54 Å². The molecule has 1 N–H and O–H groups in total. The van der Waals surface area contributed by atoms with Gasteiger partial charge in [-0.2, -0.15) is 0 Å². The van der Waals surface area contributed by atoms with Crippen molar-refractivity contribution in [1.29, 1.82) is 0 Å². The Morgan fingerprint density at radius 1 is 1.21 bits per heavy atom. The molecule has 1 aromatic rings. The zero-order valence-corrected chi connectivity index (χ0v) is 12.0. The fourth-order valence-corrected chi connectivity index (χ4v) is 1.62. The van der Waals surface area contributed by atoms with E-state index in [1.165, 1.54) is 19.0 Å². The van der Waals surface area contributed by atoms with Crippen LogP contribution in [0.15, 0.2) is 24.3 Å². The largest absolute Gasteiger partial charge is 0.496 e. The minimum atomic E-state index is -0.538. The Morgan fingerprint density at radius 2 is 1.79 bits per heavy atom. The zero-order valence-electron chi connectivity index (χ0n) is 12.0. The van der Waals surface area contributed by atoms with Gasteiger partial charge in [0, 0.05) is 6.92 Å². The highest BCUT2D eigenvalue weighted by molar-refractivity contribution is 5.98. The molecular weight excluding hydrogens is 244 g/mol. The number of rotatable bonds is 2. The zero-order chi connectivity index (χ0) is 14.6. The van der Waals surface area contributed by atoms with Crippen LogP contribution >= 0.6 is 0 Å². The van der Waals surface area contributed by atoms with Gasteiger partial charge in [0.15, 0.2) is 0 Å². The van der Waals surface area contributed by atoms with Crippen molar-refractivity contribution in [2.24, 2.45) is 0 Å². The average molecular weight is 264 g/mol. The van der Waals surface area contributed by atoms with E-state index in [0.717, 1.165) is 0 Å². The summed E-state index contributed by atoms with van der Waals surface area (Å²) in [5, 5.41) is 1.31. The van der Waals surface area contributed by atoms with Crippen LogP contribution in [0.1, 0.15) is 38.1 Å². The molecule has 104 valence electrons. The number of benzene rings is 1. The number of methoxy groups -OCH3 is 1. The van der Waals surface area contributed by atoms with Crippen molar-refractivity contribution < 1.29 is 14.3 Å². The van der Waals surface area contributed by atoms with Crippen LogP contribution in [-0.2, 0) is 4.79 Å². The molecule has 0 spiro atoms. The molecule has 0 atom stereocenters. The molecule has 0 unspecified atom stereocenters. The second-order valence-electron chi connectivity index (χ2n) is 5.18. The topological polar surface area (TPSA) is 58.6 Å². The van der Waals surface area contributed by atoms with Gasteiger partial charge < -0.3 is 4.74 Å². The average Bonchev–Trinajstić information content (AvgIpc) is 2.33. The van der Waals surface area contributed by atoms with Crippen LogP contribution in [-0.4, -0.2) is 29.5 Å². The molecule has 5 heteroatoms. The summed E-state index contributed by atoms with van der Waals surface area (Å²) in [6.07, 6.45) is 0. The summed E-state index contributed by atoms with van der Waals surface area (Å²) >= 11 is 0. The van der Waals surface area contributed by atoms with Gasteiger partial charge in [0.2, 0.25) is 5.91 Å². The maximum Gasteiger partial charge on any atom is 0.276 e.